The molecule has 4 heteroatoms. The smallest absolute Gasteiger partial charge is 0.0723 e. The van der Waals surface area contributed by atoms with E-state index < -0.39 is 0 Å². The highest BCUT2D eigenvalue weighted by atomic mass is 127. The van der Waals surface area contributed by atoms with Crippen molar-refractivity contribution in [2.24, 2.45) is 12.8 Å². The fraction of sp³-hybridized carbons (Fsp3) is 0.182. The van der Waals surface area contributed by atoms with Gasteiger partial charge in [0.15, 0.2) is 0 Å². The van der Waals surface area contributed by atoms with Gasteiger partial charge in [0.1, 0.15) is 0 Å². The summed E-state index contributed by atoms with van der Waals surface area (Å²) in [6.45, 7) is 0. The predicted molar refractivity (Wildman–Crippen MR) is 68.4 cm³/mol. The average Bonchev–Trinajstić information content (AvgIpc) is 2.63. The van der Waals surface area contributed by atoms with Gasteiger partial charge < -0.3 is 5.73 Å². The Morgan fingerprint density at radius 3 is 2.80 bits per heavy atom. The summed E-state index contributed by atoms with van der Waals surface area (Å²) >= 11 is 2.29. The molecule has 2 N–H and O–H groups in total. The molecule has 0 bridgehead atoms. The van der Waals surface area contributed by atoms with Gasteiger partial charge in [-0.05, 0) is 46.4 Å². The van der Waals surface area contributed by atoms with Gasteiger partial charge in [-0.25, -0.2) is 0 Å². The lowest BCUT2D eigenvalue weighted by Crippen LogP contribution is -2.15. The summed E-state index contributed by atoms with van der Waals surface area (Å²) in [4.78, 5) is 0. The first-order chi connectivity index (χ1) is 7.18. The van der Waals surface area contributed by atoms with Crippen LogP contribution in [0.2, 0.25) is 0 Å². The van der Waals surface area contributed by atoms with E-state index in [0.29, 0.717) is 0 Å². The first kappa shape index (κ1) is 10.6. The number of hydrogen-bond acceptors (Lipinski definition) is 2. The van der Waals surface area contributed by atoms with Crippen molar-refractivity contribution in [3.63, 3.8) is 0 Å². The van der Waals surface area contributed by atoms with Gasteiger partial charge in [-0.1, -0.05) is 12.1 Å². The molecular weight excluding hydrogens is 301 g/mol. The van der Waals surface area contributed by atoms with Crippen LogP contribution < -0.4 is 5.73 Å². The molecule has 0 radical (unpaired) electrons. The molecule has 0 aliphatic rings. The Kier molecular flexibility index (Phi) is 3.06. The minimum Gasteiger partial charge on any atom is -0.319 e. The summed E-state index contributed by atoms with van der Waals surface area (Å²) < 4.78 is 3.01. The van der Waals surface area contributed by atoms with E-state index in [1.54, 1.807) is 6.20 Å². The highest BCUT2D eigenvalue weighted by Crippen LogP contribution is 2.20. The molecule has 0 aliphatic heterocycles. The molecule has 2 aromatic rings. The SMILES string of the molecule is Cn1nccc1C(N)c1cccc(I)c1. The average molecular weight is 313 g/mol. The lowest BCUT2D eigenvalue weighted by atomic mass is 10.1. The molecule has 15 heavy (non-hydrogen) atoms. The standard InChI is InChI=1S/C11H12IN3/c1-15-10(5-6-14-15)11(13)8-3-2-4-9(12)7-8/h2-7,11H,13H2,1H3. The van der Waals surface area contributed by atoms with Gasteiger partial charge in [-0.15, -0.1) is 0 Å². The van der Waals surface area contributed by atoms with Crippen LogP contribution in [0, 0.1) is 3.57 Å². The largest absolute Gasteiger partial charge is 0.319 e. The summed E-state index contributed by atoms with van der Waals surface area (Å²) in [6.07, 6.45) is 1.77. The second-order valence-electron chi connectivity index (χ2n) is 3.41. The molecule has 1 atom stereocenters. The van der Waals surface area contributed by atoms with Gasteiger partial charge >= 0.3 is 0 Å². The van der Waals surface area contributed by atoms with Crippen molar-refractivity contribution in [1.82, 2.24) is 9.78 Å². The Morgan fingerprint density at radius 2 is 2.20 bits per heavy atom. The molecule has 3 nitrogen and oxygen atoms in total. The molecule has 1 aromatic carbocycles. The van der Waals surface area contributed by atoms with Crippen molar-refractivity contribution in [1.29, 1.82) is 0 Å². The summed E-state index contributed by atoms with van der Waals surface area (Å²) in [7, 11) is 1.91. The number of benzene rings is 1. The van der Waals surface area contributed by atoms with Crippen molar-refractivity contribution in [2.75, 3.05) is 0 Å². The Labute approximate surface area is 102 Å². The zero-order valence-corrected chi connectivity index (χ0v) is 10.5. The number of hydrogen-bond donors (Lipinski definition) is 1. The van der Waals surface area contributed by atoms with E-state index in [4.69, 9.17) is 5.73 Å². The molecule has 1 heterocycles. The normalized spacial score (nSPS) is 12.7. The molecule has 0 saturated heterocycles. The highest BCUT2D eigenvalue weighted by Gasteiger charge is 2.12. The highest BCUT2D eigenvalue weighted by molar-refractivity contribution is 14.1. The quantitative estimate of drug-likeness (QED) is 0.863. The van der Waals surface area contributed by atoms with Crippen LogP contribution in [0.25, 0.3) is 0 Å². The van der Waals surface area contributed by atoms with E-state index in [9.17, 15) is 0 Å². The molecule has 0 amide bonds. The molecule has 0 fully saturated rings. The minimum atomic E-state index is -0.104. The first-order valence-corrected chi connectivity index (χ1v) is 5.75. The van der Waals surface area contributed by atoms with Crippen molar-refractivity contribution in [3.05, 3.63) is 51.4 Å². The second-order valence-corrected chi connectivity index (χ2v) is 4.66. The summed E-state index contributed by atoms with van der Waals surface area (Å²) in [5.41, 5.74) is 8.31. The zero-order valence-electron chi connectivity index (χ0n) is 8.39. The molecule has 1 unspecified atom stereocenters. The van der Waals surface area contributed by atoms with Crippen LogP contribution in [0.3, 0.4) is 0 Å². The molecule has 78 valence electrons. The van der Waals surface area contributed by atoms with E-state index in [1.165, 1.54) is 3.57 Å². The molecular formula is C11H12IN3. The molecule has 0 aliphatic carbocycles. The van der Waals surface area contributed by atoms with Crippen LogP contribution in [0.15, 0.2) is 36.5 Å². The summed E-state index contributed by atoms with van der Waals surface area (Å²) in [6, 6.07) is 10.1. The Bertz CT molecular complexity index is 464. The van der Waals surface area contributed by atoms with E-state index >= 15 is 0 Å². The minimum absolute atomic E-state index is 0.104. The molecule has 2 rings (SSSR count). The summed E-state index contributed by atoms with van der Waals surface area (Å²) in [5, 5.41) is 4.12. The molecule has 0 saturated carbocycles. The molecule has 1 aromatic heterocycles. The number of aromatic nitrogens is 2. The van der Waals surface area contributed by atoms with E-state index in [2.05, 4.69) is 39.8 Å². The maximum absolute atomic E-state index is 6.17. The van der Waals surface area contributed by atoms with Crippen LogP contribution in [-0.2, 0) is 7.05 Å². The fourth-order valence-corrected chi connectivity index (χ4v) is 2.13. The third-order valence-electron chi connectivity index (χ3n) is 2.39. The zero-order chi connectivity index (χ0) is 10.8. The van der Waals surface area contributed by atoms with Gasteiger partial charge in [0.05, 0.1) is 11.7 Å². The van der Waals surface area contributed by atoms with Crippen molar-refractivity contribution in [2.45, 2.75) is 6.04 Å². The van der Waals surface area contributed by atoms with Crippen molar-refractivity contribution < 1.29 is 0 Å². The van der Waals surface area contributed by atoms with Gasteiger partial charge in [-0.2, -0.15) is 5.10 Å². The monoisotopic (exact) mass is 313 g/mol. The Morgan fingerprint density at radius 1 is 1.40 bits per heavy atom. The topological polar surface area (TPSA) is 43.8 Å². The Hall–Kier alpha value is -0.880. The van der Waals surface area contributed by atoms with Gasteiger partial charge in [0, 0.05) is 16.8 Å². The first-order valence-electron chi connectivity index (χ1n) is 4.67. The molecule has 0 spiro atoms. The maximum Gasteiger partial charge on any atom is 0.0723 e. The van der Waals surface area contributed by atoms with Gasteiger partial charge in [0.25, 0.3) is 0 Å². The predicted octanol–water partition coefficient (Wildman–Crippen LogP) is 2.07. The Balaban J connectivity index is 2.36. The van der Waals surface area contributed by atoms with Crippen LogP contribution in [0.4, 0.5) is 0 Å². The summed E-state index contributed by atoms with van der Waals surface area (Å²) in [5.74, 6) is 0. The van der Waals surface area contributed by atoms with E-state index in [-0.39, 0.29) is 6.04 Å². The lowest BCUT2D eigenvalue weighted by molar-refractivity contribution is 0.673. The third kappa shape index (κ3) is 2.21. The van der Waals surface area contributed by atoms with Crippen molar-refractivity contribution >= 4 is 22.6 Å². The van der Waals surface area contributed by atoms with Gasteiger partial charge in [0.2, 0.25) is 0 Å². The lowest BCUT2D eigenvalue weighted by Gasteiger charge is -2.12. The maximum atomic E-state index is 6.17. The number of rotatable bonds is 2. The fourth-order valence-electron chi connectivity index (χ4n) is 1.56. The number of nitrogens with two attached hydrogens (primary N) is 1. The van der Waals surface area contributed by atoms with Crippen molar-refractivity contribution in [3.8, 4) is 0 Å². The number of aryl methyl sites for hydroxylation is 1. The van der Waals surface area contributed by atoms with E-state index in [0.717, 1.165) is 11.3 Å². The number of nitrogens with zero attached hydrogens (tertiary/aromatic N) is 2. The number of halogens is 1. The van der Waals surface area contributed by atoms with Crippen LogP contribution in [0.1, 0.15) is 17.3 Å². The second kappa shape index (κ2) is 4.32. The van der Waals surface area contributed by atoms with Gasteiger partial charge in [-0.3, -0.25) is 4.68 Å². The van der Waals surface area contributed by atoms with E-state index in [1.807, 2.05) is 29.9 Å². The third-order valence-corrected chi connectivity index (χ3v) is 3.06. The van der Waals surface area contributed by atoms with Crippen LogP contribution in [-0.4, -0.2) is 9.78 Å². The van der Waals surface area contributed by atoms with Crippen LogP contribution >= 0.6 is 22.6 Å². The van der Waals surface area contributed by atoms with Crippen LogP contribution in [0.5, 0.6) is 0 Å².